The van der Waals surface area contributed by atoms with Gasteiger partial charge in [-0.2, -0.15) is 0 Å². The number of nitrogens with zero attached hydrogens (tertiary/aromatic N) is 3. The van der Waals surface area contributed by atoms with Crippen LogP contribution in [0.4, 0.5) is 17.1 Å². The Hall–Kier alpha value is -4.04. The Kier molecular flexibility index (Phi) is 11.2. The number of likely N-dealkylation sites (N-methyl/N-ethyl adjacent to an activating group) is 1. The molecule has 2 N–H and O–H groups in total. The van der Waals surface area contributed by atoms with Crippen molar-refractivity contribution in [1.29, 1.82) is 0 Å². The lowest BCUT2D eigenvalue weighted by Crippen LogP contribution is -2.47. The Balaban J connectivity index is 1.53. The van der Waals surface area contributed by atoms with Crippen molar-refractivity contribution in [2.24, 2.45) is 0 Å². The molecular formula is C34H45N5O3. The summed E-state index contributed by atoms with van der Waals surface area (Å²) < 4.78 is 5.58. The first-order valence-corrected chi connectivity index (χ1v) is 15.1. The van der Waals surface area contributed by atoms with Crippen molar-refractivity contribution < 1.29 is 14.3 Å². The molecule has 1 aliphatic rings. The van der Waals surface area contributed by atoms with Crippen molar-refractivity contribution in [1.82, 2.24) is 10.2 Å². The molecule has 1 unspecified atom stereocenters. The monoisotopic (exact) mass is 571 g/mol. The molecule has 4 rings (SSSR count). The van der Waals surface area contributed by atoms with Crippen molar-refractivity contribution >= 4 is 28.9 Å². The van der Waals surface area contributed by atoms with Crippen molar-refractivity contribution in [3.8, 4) is 5.75 Å². The molecule has 0 radical (unpaired) electrons. The molecule has 8 heteroatoms. The summed E-state index contributed by atoms with van der Waals surface area (Å²) in [6.45, 7) is 12.6. The molecule has 224 valence electrons. The fourth-order valence-electron chi connectivity index (χ4n) is 5.60. The van der Waals surface area contributed by atoms with E-state index in [2.05, 4.69) is 45.2 Å². The molecule has 0 spiro atoms. The molecule has 0 saturated carbocycles. The molecule has 1 aliphatic heterocycles. The summed E-state index contributed by atoms with van der Waals surface area (Å²) in [6, 6.07) is 23.6. The highest BCUT2D eigenvalue weighted by molar-refractivity contribution is 6.03. The SMILES string of the molecule is CCC(C(=O)Nc1ccc(N2CCN(c3ccccc3OC)CC2)c(C(=O)NCCN(CC)CC)c1)c1ccccc1. The molecule has 1 atom stereocenters. The molecule has 2 amide bonds. The summed E-state index contributed by atoms with van der Waals surface area (Å²) in [7, 11) is 1.70. The molecule has 42 heavy (non-hydrogen) atoms. The van der Waals surface area contributed by atoms with E-state index in [4.69, 9.17) is 4.74 Å². The van der Waals surface area contributed by atoms with Gasteiger partial charge in [0, 0.05) is 50.6 Å². The van der Waals surface area contributed by atoms with Gasteiger partial charge in [0.15, 0.2) is 0 Å². The third kappa shape index (κ3) is 7.62. The average Bonchev–Trinajstić information content (AvgIpc) is 3.04. The van der Waals surface area contributed by atoms with E-state index in [0.717, 1.165) is 68.5 Å². The number of rotatable bonds is 13. The topological polar surface area (TPSA) is 77.1 Å². The zero-order chi connectivity index (χ0) is 29.9. The van der Waals surface area contributed by atoms with E-state index in [1.165, 1.54) is 0 Å². The van der Waals surface area contributed by atoms with Crippen LogP contribution >= 0.6 is 0 Å². The molecule has 8 nitrogen and oxygen atoms in total. The number of anilines is 3. The second-order valence-corrected chi connectivity index (χ2v) is 10.5. The smallest absolute Gasteiger partial charge is 0.253 e. The van der Waals surface area contributed by atoms with Gasteiger partial charge >= 0.3 is 0 Å². The number of benzene rings is 3. The van der Waals surface area contributed by atoms with Crippen LogP contribution in [0.1, 0.15) is 49.0 Å². The zero-order valence-corrected chi connectivity index (χ0v) is 25.4. The van der Waals surface area contributed by atoms with Gasteiger partial charge in [-0.25, -0.2) is 0 Å². The van der Waals surface area contributed by atoms with Gasteiger partial charge in [-0.1, -0.05) is 63.2 Å². The number of piperazine rings is 1. The van der Waals surface area contributed by atoms with Crippen LogP contribution in [-0.4, -0.2) is 76.2 Å². The number of hydrogen-bond donors (Lipinski definition) is 2. The average molecular weight is 572 g/mol. The van der Waals surface area contributed by atoms with Crippen molar-refractivity contribution in [3.63, 3.8) is 0 Å². The summed E-state index contributed by atoms with van der Waals surface area (Å²) >= 11 is 0. The lowest BCUT2D eigenvalue weighted by atomic mass is 9.95. The van der Waals surface area contributed by atoms with E-state index in [-0.39, 0.29) is 17.7 Å². The van der Waals surface area contributed by atoms with E-state index in [0.29, 0.717) is 24.2 Å². The fourth-order valence-corrected chi connectivity index (χ4v) is 5.60. The predicted molar refractivity (Wildman–Crippen MR) is 172 cm³/mol. The summed E-state index contributed by atoms with van der Waals surface area (Å²) in [5.74, 6) is 0.394. The second-order valence-electron chi connectivity index (χ2n) is 10.5. The Bertz CT molecular complexity index is 1300. The number of amides is 2. The number of methoxy groups -OCH3 is 1. The molecule has 0 aromatic heterocycles. The lowest BCUT2D eigenvalue weighted by molar-refractivity contribution is -0.117. The van der Waals surface area contributed by atoms with Gasteiger partial charge < -0.3 is 30.1 Å². The molecule has 3 aromatic rings. The van der Waals surface area contributed by atoms with Gasteiger partial charge in [0.2, 0.25) is 5.91 Å². The standard InChI is InChI=1S/C34H45N5O3/c1-5-28(26-13-9-8-10-14-26)34(41)36-27-17-18-30(29(25-27)33(40)35-19-20-37(6-2)7-3)38-21-23-39(24-22-38)31-15-11-12-16-32(31)42-4/h8-18,25,28H,5-7,19-24H2,1-4H3,(H,35,40)(H,36,41). The Morgan fingerprint density at radius 1 is 0.857 bits per heavy atom. The molecule has 1 heterocycles. The molecule has 0 aliphatic carbocycles. The van der Waals surface area contributed by atoms with Gasteiger partial charge in [-0.3, -0.25) is 9.59 Å². The fraction of sp³-hybridized carbons (Fsp3) is 0.412. The van der Waals surface area contributed by atoms with E-state index < -0.39 is 0 Å². The first kappa shape index (κ1) is 30.9. The van der Waals surface area contributed by atoms with Crippen molar-refractivity contribution in [2.75, 3.05) is 74.6 Å². The summed E-state index contributed by atoms with van der Waals surface area (Å²) in [6.07, 6.45) is 0.684. The van der Waals surface area contributed by atoms with E-state index in [1.807, 2.05) is 73.7 Å². The summed E-state index contributed by atoms with van der Waals surface area (Å²) in [5.41, 5.74) is 4.14. The number of nitrogens with one attached hydrogen (secondary N) is 2. The van der Waals surface area contributed by atoms with Crippen LogP contribution in [-0.2, 0) is 4.79 Å². The number of para-hydroxylation sites is 2. The largest absolute Gasteiger partial charge is 0.495 e. The molecule has 3 aromatic carbocycles. The van der Waals surface area contributed by atoms with Crippen LogP contribution in [0.25, 0.3) is 0 Å². The van der Waals surface area contributed by atoms with Gasteiger partial charge in [0.05, 0.1) is 24.3 Å². The first-order valence-electron chi connectivity index (χ1n) is 15.1. The maximum absolute atomic E-state index is 13.6. The van der Waals surface area contributed by atoms with Crippen LogP contribution in [0, 0.1) is 0 Å². The highest BCUT2D eigenvalue weighted by Gasteiger charge is 2.25. The molecular weight excluding hydrogens is 526 g/mol. The Labute approximate surface area is 250 Å². The van der Waals surface area contributed by atoms with Crippen molar-refractivity contribution in [2.45, 2.75) is 33.1 Å². The van der Waals surface area contributed by atoms with Gasteiger partial charge in [0.1, 0.15) is 5.75 Å². The number of carbonyl (C=O) groups is 2. The third-order valence-electron chi connectivity index (χ3n) is 8.09. The van der Waals surface area contributed by atoms with Crippen LogP contribution in [0.3, 0.4) is 0 Å². The third-order valence-corrected chi connectivity index (χ3v) is 8.09. The minimum atomic E-state index is -0.264. The van der Waals surface area contributed by atoms with Crippen LogP contribution in [0.15, 0.2) is 72.8 Å². The molecule has 1 saturated heterocycles. The highest BCUT2D eigenvalue weighted by Crippen LogP contribution is 2.31. The maximum Gasteiger partial charge on any atom is 0.253 e. The van der Waals surface area contributed by atoms with Crippen molar-refractivity contribution in [3.05, 3.63) is 83.9 Å². The number of carbonyl (C=O) groups excluding carboxylic acids is 2. The Morgan fingerprint density at radius 3 is 2.14 bits per heavy atom. The Morgan fingerprint density at radius 2 is 1.50 bits per heavy atom. The molecule has 1 fully saturated rings. The second kappa shape index (κ2) is 15.3. The van der Waals surface area contributed by atoms with E-state index >= 15 is 0 Å². The minimum absolute atomic E-state index is 0.0743. The highest BCUT2D eigenvalue weighted by atomic mass is 16.5. The van der Waals surface area contributed by atoms with Crippen LogP contribution < -0.4 is 25.2 Å². The number of hydrogen-bond acceptors (Lipinski definition) is 6. The minimum Gasteiger partial charge on any atom is -0.495 e. The maximum atomic E-state index is 13.6. The summed E-state index contributed by atoms with van der Waals surface area (Å²) in [4.78, 5) is 33.8. The zero-order valence-electron chi connectivity index (χ0n) is 25.4. The number of ether oxygens (including phenoxy) is 1. The first-order chi connectivity index (χ1) is 20.5. The van der Waals surface area contributed by atoms with E-state index in [9.17, 15) is 9.59 Å². The quantitative estimate of drug-likeness (QED) is 0.293. The van der Waals surface area contributed by atoms with Gasteiger partial charge in [0.25, 0.3) is 5.91 Å². The summed E-state index contributed by atoms with van der Waals surface area (Å²) in [5, 5.41) is 6.20. The lowest BCUT2D eigenvalue weighted by Gasteiger charge is -2.38. The van der Waals surface area contributed by atoms with Crippen LogP contribution in [0.5, 0.6) is 5.75 Å². The normalized spacial score (nSPS) is 14.0. The molecule has 0 bridgehead atoms. The van der Waals surface area contributed by atoms with E-state index in [1.54, 1.807) is 7.11 Å². The van der Waals surface area contributed by atoms with Gasteiger partial charge in [-0.15, -0.1) is 0 Å². The van der Waals surface area contributed by atoms with Crippen LogP contribution in [0.2, 0.25) is 0 Å². The van der Waals surface area contributed by atoms with Gasteiger partial charge in [-0.05, 0) is 55.4 Å². The predicted octanol–water partition coefficient (Wildman–Crippen LogP) is 5.23.